The molecule has 0 spiro atoms. The van der Waals surface area contributed by atoms with Crippen molar-refractivity contribution in [3.05, 3.63) is 41.7 Å². The van der Waals surface area contributed by atoms with Crippen molar-refractivity contribution >= 4 is 17.7 Å². The van der Waals surface area contributed by atoms with Crippen molar-refractivity contribution in [2.45, 2.75) is 62.6 Å². The molecule has 154 valence electrons. The van der Waals surface area contributed by atoms with E-state index in [-0.39, 0.29) is 5.91 Å². The molecule has 2 aliphatic carbocycles. The number of piperidine rings is 1. The number of hydrogen-bond donors (Lipinski definition) is 0. The van der Waals surface area contributed by atoms with Gasteiger partial charge in [0.05, 0.1) is 12.3 Å². The van der Waals surface area contributed by atoms with Gasteiger partial charge in [-0.1, -0.05) is 61.4 Å². The Morgan fingerprint density at radius 2 is 1.79 bits per heavy atom. The van der Waals surface area contributed by atoms with Crippen LogP contribution >= 0.6 is 11.8 Å². The molecule has 29 heavy (non-hydrogen) atoms. The third kappa shape index (κ3) is 4.37. The molecular weight excluding hydrogens is 380 g/mol. The minimum Gasteiger partial charge on any atom is -0.342 e. The second kappa shape index (κ2) is 8.50. The van der Waals surface area contributed by atoms with E-state index in [9.17, 15) is 4.79 Å². The maximum Gasteiger partial charge on any atom is 0.233 e. The van der Waals surface area contributed by atoms with Crippen LogP contribution in [0.25, 0.3) is 0 Å². The van der Waals surface area contributed by atoms with Gasteiger partial charge in [-0.3, -0.25) is 4.79 Å². The molecule has 2 aromatic rings. The number of nitrogens with zero attached hydrogens (tertiary/aromatic N) is 4. The molecule has 1 amide bonds. The van der Waals surface area contributed by atoms with Gasteiger partial charge in [-0.15, -0.1) is 10.2 Å². The zero-order valence-electron chi connectivity index (χ0n) is 17.0. The van der Waals surface area contributed by atoms with Gasteiger partial charge in [0.25, 0.3) is 0 Å². The lowest BCUT2D eigenvalue weighted by molar-refractivity contribution is -0.131. The van der Waals surface area contributed by atoms with Gasteiger partial charge >= 0.3 is 0 Å². The summed E-state index contributed by atoms with van der Waals surface area (Å²) in [6, 6.07) is 10.5. The predicted molar refractivity (Wildman–Crippen MR) is 115 cm³/mol. The van der Waals surface area contributed by atoms with E-state index < -0.39 is 0 Å². The minimum absolute atomic E-state index is 0.265. The summed E-state index contributed by atoms with van der Waals surface area (Å²) < 4.78 is 2.23. The van der Waals surface area contributed by atoms with E-state index in [2.05, 4.69) is 43.9 Å². The first kappa shape index (κ1) is 19.2. The summed E-state index contributed by atoms with van der Waals surface area (Å²) in [5.41, 5.74) is 1.25. The predicted octanol–water partition coefficient (Wildman–Crippen LogP) is 4.33. The molecule has 1 saturated heterocycles. The number of aromatic nitrogens is 3. The highest BCUT2D eigenvalue weighted by Gasteiger charge is 2.33. The van der Waals surface area contributed by atoms with Crippen LogP contribution in [0.3, 0.4) is 0 Å². The van der Waals surface area contributed by atoms with Crippen LogP contribution in [0.2, 0.25) is 0 Å². The molecule has 3 aliphatic rings. The Morgan fingerprint density at radius 1 is 1.00 bits per heavy atom. The second-order valence-corrected chi connectivity index (χ2v) is 9.85. The number of carbonyl (C=O) groups is 1. The van der Waals surface area contributed by atoms with Gasteiger partial charge in [-0.2, -0.15) is 0 Å². The zero-order chi connectivity index (χ0) is 19.6. The number of rotatable bonds is 6. The summed E-state index contributed by atoms with van der Waals surface area (Å²) in [4.78, 5) is 15.0. The van der Waals surface area contributed by atoms with E-state index >= 15 is 0 Å². The number of thioether (sulfide) groups is 1. The number of hydrogen-bond acceptors (Lipinski definition) is 4. The molecule has 5 rings (SSSR count). The third-order valence-corrected chi connectivity index (χ3v) is 7.79. The fourth-order valence-electron chi connectivity index (χ4n) is 5.01. The van der Waals surface area contributed by atoms with Crippen LogP contribution in [0.5, 0.6) is 0 Å². The highest BCUT2D eigenvalue weighted by atomic mass is 32.2. The van der Waals surface area contributed by atoms with Gasteiger partial charge in [0, 0.05) is 19.0 Å². The highest BCUT2D eigenvalue weighted by molar-refractivity contribution is 7.99. The van der Waals surface area contributed by atoms with Crippen LogP contribution in [-0.2, 0) is 11.3 Å². The summed E-state index contributed by atoms with van der Waals surface area (Å²) in [6.07, 6.45) is 8.98. The average Bonchev–Trinajstić information content (AvgIpc) is 3.54. The lowest BCUT2D eigenvalue weighted by Crippen LogP contribution is -2.45. The van der Waals surface area contributed by atoms with Gasteiger partial charge in [0.2, 0.25) is 5.91 Å². The lowest BCUT2D eigenvalue weighted by Gasteiger charge is -2.41. The summed E-state index contributed by atoms with van der Waals surface area (Å²) in [6.45, 7) is 2.68. The summed E-state index contributed by atoms with van der Waals surface area (Å²) in [5.74, 6) is 3.95. The van der Waals surface area contributed by atoms with Crippen LogP contribution in [0.1, 0.15) is 62.3 Å². The van der Waals surface area contributed by atoms with E-state index in [4.69, 9.17) is 0 Å². The van der Waals surface area contributed by atoms with E-state index in [1.54, 1.807) is 11.8 Å². The molecule has 2 saturated carbocycles. The molecule has 1 aliphatic heterocycles. The summed E-state index contributed by atoms with van der Waals surface area (Å²) in [5, 5.41) is 9.83. The molecule has 1 aromatic carbocycles. The first-order chi connectivity index (χ1) is 14.3. The smallest absolute Gasteiger partial charge is 0.233 e. The second-order valence-electron chi connectivity index (χ2n) is 8.91. The van der Waals surface area contributed by atoms with Gasteiger partial charge in [0.1, 0.15) is 5.82 Å². The normalized spacial score (nSPS) is 24.3. The van der Waals surface area contributed by atoms with Crippen molar-refractivity contribution in [3.8, 4) is 0 Å². The molecule has 2 heterocycles. The van der Waals surface area contributed by atoms with Gasteiger partial charge < -0.3 is 9.47 Å². The molecule has 0 radical (unpaired) electrons. The number of amides is 1. The molecular formula is C23H30N4OS. The van der Waals surface area contributed by atoms with E-state index in [0.717, 1.165) is 42.5 Å². The monoisotopic (exact) mass is 410 g/mol. The lowest BCUT2D eigenvalue weighted by atomic mass is 9.75. The van der Waals surface area contributed by atoms with Crippen LogP contribution in [0.4, 0.5) is 0 Å². The van der Waals surface area contributed by atoms with E-state index in [1.807, 2.05) is 6.07 Å². The number of carbonyl (C=O) groups excluding carboxylic acids is 1. The quantitative estimate of drug-likeness (QED) is 0.665. The fraction of sp³-hybridized carbons (Fsp3) is 0.609. The Bertz CT molecular complexity index is 848. The molecule has 5 nitrogen and oxygen atoms in total. The number of likely N-dealkylation sites (tertiary alicyclic amines) is 1. The molecule has 3 fully saturated rings. The number of benzene rings is 1. The molecule has 2 atom stereocenters. The molecule has 6 heteroatoms. The maximum absolute atomic E-state index is 12.9. The van der Waals surface area contributed by atoms with Crippen LogP contribution < -0.4 is 0 Å². The first-order valence-corrected chi connectivity index (χ1v) is 12.1. The SMILES string of the molecule is O=C(CSc1nnc(C2CC2)n1Cc1ccccc1)N1CC[C@H]2CCCC[C@@H]2C1. The van der Waals surface area contributed by atoms with Crippen molar-refractivity contribution in [1.29, 1.82) is 0 Å². The zero-order valence-corrected chi connectivity index (χ0v) is 17.8. The Hall–Kier alpha value is -1.82. The Balaban J connectivity index is 1.24. The largest absolute Gasteiger partial charge is 0.342 e. The van der Waals surface area contributed by atoms with Crippen LogP contribution in [0, 0.1) is 11.8 Å². The molecule has 1 aromatic heterocycles. The van der Waals surface area contributed by atoms with Crippen molar-refractivity contribution < 1.29 is 4.79 Å². The minimum atomic E-state index is 0.265. The van der Waals surface area contributed by atoms with Gasteiger partial charge in [-0.25, -0.2) is 0 Å². The van der Waals surface area contributed by atoms with Crippen LogP contribution in [-0.4, -0.2) is 44.4 Å². The summed E-state index contributed by atoms with van der Waals surface area (Å²) in [7, 11) is 0. The van der Waals surface area contributed by atoms with Crippen molar-refractivity contribution in [2.24, 2.45) is 11.8 Å². The number of fused-ring (bicyclic) bond motifs is 1. The fourth-order valence-corrected chi connectivity index (χ4v) is 5.86. The third-order valence-electron chi connectivity index (χ3n) is 6.84. The Labute approximate surface area is 177 Å². The molecule has 0 bridgehead atoms. The Morgan fingerprint density at radius 3 is 2.59 bits per heavy atom. The molecule has 0 unspecified atom stereocenters. The van der Waals surface area contributed by atoms with Crippen molar-refractivity contribution in [2.75, 3.05) is 18.8 Å². The van der Waals surface area contributed by atoms with Gasteiger partial charge in [-0.05, 0) is 43.1 Å². The average molecular weight is 411 g/mol. The Kier molecular flexibility index (Phi) is 5.62. The molecule has 0 N–H and O–H groups in total. The first-order valence-electron chi connectivity index (χ1n) is 11.2. The van der Waals surface area contributed by atoms with E-state index in [1.165, 1.54) is 50.5 Å². The van der Waals surface area contributed by atoms with Crippen molar-refractivity contribution in [1.82, 2.24) is 19.7 Å². The summed E-state index contributed by atoms with van der Waals surface area (Å²) >= 11 is 1.56. The standard InChI is InChI=1S/C23H30N4OS/c28-21(26-13-12-18-8-4-5-9-20(18)15-26)16-29-23-25-24-22(19-10-11-19)27(23)14-17-6-2-1-3-7-17/h1-3,6-7,18-20H,4-5,8-16H2/t18-,20-/m1/s1. The van der Waals surface area contributed by atoms with Crippen molar-refractivity contribution in [3.63, 3.8) is 0 Å². The van der Waals surface area contributed by atoms with E-state index in [0.29, 0.717) is 11.7 Å². The highest BCUT2D eigenvalue weighted by Crippen LogP contribution is 2.40. The van der Waals surface area contributed by atoms with Gasteiger partial charge in [0.15, 0.2) is 5.16 Å². The maximum atomic E-state index is 12.9. The topological polar surface area (TPSA) is 51.0 Å². The van der Waals surface area contributed by atoms with Crippen LogP contribution in [0.15, 0.2) is 35.5 Å².